The molecule has 1 saturated carbocycles. The first-order valence-electron chi connectivity index (χ1n) is 5.99. The van der Waals surface area contributed by atoms with E-state index in [9.17, 15) is 13.2 Å². The highest BCUT2D eigenvalue weighted by atomic mass is 32.2. The van der Waals surface area contributed by atoms with Gasteiger partial charge in [0.1, 0.15) is 11.2 Å². The lowest BCUT2D eigenvalue weighted by Gasteiger charge is -2.18. The molecule has 0 aromatic heterocycles. The van der Waals surface area contributed by atoms with Crippen molar-refractivity contribution in [1.29, 1.82) is 0 Å². The monoisotopic (exact) mass is 267 g/mol. The molecule has 0 heterocycles. The van der Waals surface area contributed by atoms with E-state index in [2.05, 4.69) is 0 Å². The van der Waals surface area contributed by atoms with Crippen molar-refractivity contribution in [2.45, 2.75) is 36.5 Å². The van der Waals surface area contributed by atoms with Crippen molar-refractivity contribution in [2.24, 2.45) is 11.7 Å². The van der Waals surface area contributed by atoms with E-state index in [0.717, 1.165) is 5.56 Å². The predicted molar refractivity (Wildman–Crippen MR) is 68.7 cm³/mol. The van der Waals surface area contributed by atoms with Crippen LogP contribution in [0.25, 0.3) is 0 Å². The zero-order chi connectivity index (χ0) is 13.3. The molecule has 1 aromatic carbocycles. The van der Waals surface area contributed by atoms with E-state index in [1.807, 2.05) is 6.92 Å². The maximum atomic E-state index is 12.3. The topological polar surface area (TPSA) is 77.2 Å². The van der Waals surface area contributed by atoms with Crippen molar-refractivity contribution >= 4 is 15.6 Å². The van der Waals surface area contributed by atoms with Crippen LogP contribution < -0.4 is 5.73 Å². The third-order valence-electron chi connectivity index (χ3n) is 3.46. The summed E-state index contributed by atoms with van der Waals surface area (Å²) in [5.41, 5.74) is 6.85. The lowest BCUT2D eigenvalue weighted by molar-refractivity contribution is -0.117. The van der Waals surface area contributed by atoms with Crippen molar-refractivity contribution < 1.29 is 13.2 Å². The Balaban J connectivity index is 2.25. The summed E-state index contributed by atoms with van der Waals surface area (Å²) >= 11 is 0. The summed E-state index contributed by atoms with van der Waals surface area (Å²) in [7, 11) is -3.54. The lowest BCUT2D eigenvalue weighted by atomic mass is 10.1. The summed E-state index contributed by atoms with van der Waals surface area (Å²) in [6.45, 7) is 1.89. The largest absolute Gasteiger partial charge is 0.315 e. The van der Waals surface area contributed by atoms with Gasteiger partial charge >= 0.3 is 0 Å². The van der Waals surface area contributed by atoms with Gasteiger partial charge in [-0.15, -0.1) is 0 Å². The van der Waals surface area contributed by atoms with Crippen LogP contribution >= 0.6 is 0 Å². The molecule has 98 valence electrons. The van der Waals surface area contributed by atoms with Crippen LogP contribution in [-0.4, -0.2) is 19.6 Å². The lowest BCUT2D eigenvalue weighted by Crippen LogP contribution is -2.37. The van der Waals surface area contributed by atoms with Crippen LogP contribution in [0.1, 0.15) is 24.8 Å². The highest BCUT2D eigenvalue weighted by Gasteiger charge is 2.35. The van der Waals surface area contributed by atoms with Crippen LogP contribution in [0.5, 0.6) is 0 Å². The Bertz CT molecular complexity index is 548. The molecule has 4 nitrogen and oxygen atoms in total. The van der Waals surface area contributed by atoms with Crippen LogP contribution in [0.4, 0.5) is 0 Å². The van der Waals surface area contributed by atoms with Crippen LogP contribution in [0.15, 0.2) is 29.2 Å². The van der Waals surface area contributed by atoms with Gasteiger partial charge in [-0.3, -0.25) is 4.79 Å². The summed E-state index contributed by atoms with van der Waals surface area (Å²) in [5, 5.41) is -0.980. The van der Waals surface area contributed by atoms with Crippen LogP contribution in [-0.2, 0) is 14.6 Å². The van der Waals surface area contributed by atoms with Gasteiger partial charge in [0, 0.05) is 12.8 Å². The van der Waals surface area contributed by atoms with Crippen molar-refractivity contribution in [1.82, 2.24) is 0 Å². The van der Waals surface area contributed by atoms with Crippen LogP contribution in [0, 0.1) is 12.8 Å². The number of sulfone groups is 1. The third kappa shape index (κ3) is 2.47. The number of aryl methyl sites for hydroxylation is 1. The Hall–Kier alpha value is -1.20. The van der Waals surface area contributed by atoms with Gasteiger partial charge in [-0.2, -0.15) is 0 Å². The Morgan fingerprint density at radius 2 is 1.89 bits per heavy atom. The summed E-state index contributed by atoms with van der Waals surface area (Å²) in [5.74, 6) is -0.140. The smallest absolute Gasteiger partial charge is 0.194 e. The molecule has 5 heteroatoms. The van der Waals surface area contributed by atoms with Crippen LogP contribution in [0.2, 0.25) is 0 Å². The molecule has 1 aliphatic rings. The molecular weight excluding hydrogens is 250 g/mol. The van der Waals surface area contributed by atoms with Crippen molar-refractivity contribution in [3.05, 3.63) is 29.8 Å². The molecule has 0 aliphatic heterocycles. The third-order valence-corrected chi connectivity index (χ3v) is 5.49. The average Bonchev–Trinajstić information content (AvgIpc) is 2.75. The number of carbonyl (C=O) groups excluding carboxylic acids is 1. The normalized spacial score (nSPS) is 22.1. The molecule has 1 aliphatic carbocycles. The second-order valence-electron chi connectivity index (χ2n) is 4.86. The van der Waals surface area contributed by atoms with Gasteiger partial charge in [0.2, 0.25) is 0 Å². The SMILES string of the molecule is Cc1ccc(S(=O)(=O)C(N)C2CCC(=O)C2)cc1. The molecule has 1 fully saturated rings. The van der Waals surface area contributed by atoms with E-state index in [1.165, 1.54) is 0 Å². The number of benzene rings is 1. The molecule has 18 heavy (non-hydrogen) atoms. The number of carbonyl (C=O) groups is 1. The van der Waals surface area contributed by atoms with E-state index in [1.54, 1.807) is 24.3 Å². The fourth-order valence-electron chi connectivity index (χ4n) is 2.26. The van der Waals surface area contributed by atoms with E-state index >= 15 is 0 Å². The maximum Gasteiger partial charge on any atom is 0.194 e. The Kier molecular flexibility index (Phi) is 3.54. The zero-order valence-corrected chi connectivity index (χ0v) is 11.1. The zero-order valence-electron chi connectivity index (χ0n) is 10.3. The molecule has 1 aromatic rings. The summed E-state index contributed by atoms with van der Waals surface area (Å²) < 4.78 is 24.6. The Morgan fingerprint density at radius 1 is 1.28 bits per heavy atom. The summed E-state index contributed by atoms with van der Waals surface area (Å²) in [4.78, 5) is 11.5. The highest BCUT2D eigenvalue weighted by molar-refractivity contribution is 7.92. The number of rotatable bonds is 3. The maximum absolute atomic E-state index is 12.3. The average molecular weight is 267 g/mol. The van der Waals surface area contributed by atoms with Gasteiger partial charge in [0.25, 0.3) is 0 Å². The van der Waals surface area contributed by atoms with Gasteiger partial charge in [0.05, 0.1) is 4.90 Å². The van der Waals surface area contributed by atoms with Crippen molar-refractivity contribution in [2.75, 3.05) is 0 Å². The quantitative estimate of drug-likeness (QED) is 0.898. The molecule has 0 bridgehead atoms. The first-order valence-corrected chi connectivity index (χ1v) is 7.54. The number of hydrogen-bond donors (Lipinski definition) is 1. The Labute approximate surface area is 107 Å². The first kappa shape index (κ1) is 13.2. The standard InChI is InChI=1S/C13H17NO3S/c1-9-2-6-12(7-3-9)18(16,17)13(14)10-4-5-11(15)8-10/h2-3,6-7,10,13H,4-5,8,14H2,1H3. The van der Waals surface area contributed by atoms with E-state index in [-0.39, 0.29) is 23.0 Å². The van der Waals surface area contributed by atoms with Gasteiger partial charge in [0.15, 0.2) is 9.84 Å². The first-order chi connectivity index (χ1) is 8.41. The fourth-order valence-corrected chi connectivity index (χ4v) is 3.83. The molecule has 2 rings (SSSR count). The molecule has 0 saturated heterocycles. The number of nitrogens with two attached hydrogens (primary N) is 1. The second kappa shape index (κ2) is 4.82. The predicted octanol–water partition coefficient (Wildman–Crippen LogP) is 1.42. The number of hydrogen-bond acceptors (Lipinski definition) is 4. The van der Waals surface area contributed by atoms with Gasteiger partial charge in [-0.1, -0.05) is 17.7 Å². The van der Waals surface area contributed by atoms with Gasteiger partial charge in [-0.05, 0) is 31.4 Å². The molecule has 2 atom stereocenters. The summed E-state index contributed by atoms with van der Waals surface area (Å²) in [6, 6.07) is 6.64. The minimum absolute atomic E-state index is 0.106. The molecular formula is C13H17NO3S. The van der Waals surface area contributed by atoms with Crippen molar-refractivity contribution in [3.63, 3.8) is 0 Å². The van der Waals surface area contributed by atoms with Gasteiger partial charge in [-0.25, -0.2) is 8.42 Å². The second-order valence-corrected chi connectivity index (χ2v) is 6.97. The molecule has 2 N–H and O–H groups in total. The van der Waals surface area contributed by atoms with Gasteiger partial charge < -0.3 is 5.73 Å². The molecule has 0 spiro atoms. The highest BCUT2D eigenvalue weighted by Crippen LogP contribution is 2.29. The molecule has 2 unspecified atom stereocenters. The van der Waals surface area contributed by atoms with Crippen molar-refractivity contribution in [3.8, 4) is 0 Å². The number of Topliss-reactive ketones (excluding diaryl/α,β-unsaturated/α-hetero) is 1. The van der Waals surface area contributed by atoms with E-state index in [0.29, 0.717) is 12.8 Å². The minimum Gasteiger partial charge on any atom is -0.315 e. The Morgan fingerprint density at radius 3 is 2.39 bits per heavy atom. The number of ketones is 1. The molecule has 0 amide bonds. The molecule has 0 radical (unpaired) electrons. The van der Waals surface area contributed by atoms with E-state index < -0.39 is 15.2 Å². The fraction of sp³-hybridized carbons (Fsp3) is 0.462. The van der Waals surface area contributed by atoms with Crippen LogP contribution in [0.3, 0.4) is 0 Å². The minimum atomic E-state index is -3.54. The van der Waals surface area contributed by atoms with E-state index in [4.69, 9.17) is 5.73 Å². The summed E-state index contributed by atoms with van der Waals surface area (Å²) in [6.07, 6.45) is 1.30.